The minimum Gasteiger partial charge on any atom is -0.491 e. The van der Waals surface area contributed by atoms with Crippen molar-refractivity contribution in [2.24, 2.45) is 5.10 Å². The first-order chi connectivity index (χ1) is 12.9. The summed E-state index contributed by atoms with van der Waals surface area (Å²) in [6.45, 7) is 3.91. The number of benzene rings is 2. The first-order valence-electron chi connectivity index (χ1n) is 8.17. The van der Waals surface area contributed by atoms with Crippen LogP contribution in [0.4, 0.5) is 5.69 Å². The van der Waals surface area contributed by atoms with Crippen molar-refractivity contribution in [3.05, 3.63) is 69.0 Å². The molecule has 0 saturated heterocycles. The maximum atomic E-state index is 10.7. The predicted octanol–water partition coefficient (Wildman–Crippen LogP) is 4.19. The number of nitro groups is 1. The Labute approximate surface area is 160 Å². The van der Waals surface area contributed by atoms with E-state index in [9.17, 15) is 10.1 Å². The van der Waals surface area contributed by atoms with Crippen LogP contribution < -0.4 is 4.74 Å². The lowest BCUT2D eigenvalue weighted by molar-refractivity contribution is -0.384. The van der Waals surface area contributed by atoms with Gasteiger partial charge in [0.25, 0.3) is 5.69 Å². The molecule has 3 rings (SSSR count). The van der Waals surface area contributed by atoms with Crippen molar-refractivity contribution >= 4 is 24.1 Å². The first kappa shape index (κ1) is 18.5. The predicted molar refractivity (Wildman–Crippen MR) is 105 cm³/mol. The highest BCUT2D eigenvalue weighted by molar-refractivity contribution is 7.71. The number of aromatic amines is 1. The van der Waals surface area contributed by atoms with E-state index >= 15 is 0 Å². The number of nitrogens with one attached hydrogen (secondary N) is 1. The largest absolute Gasteiger partial charge is 0.491 e. The third-order valence-electron chi connectivity index (χ3n) is 3.54. The van der Waals surface area contributed by atoms with Crippen molar-refractivity contribution in [2.75, 3.05) is 0 Å². The minimum absolute atomic E-state index is 0.0229. The molecular formula is C18H17N5O3S. The Morgan fingerprint density at radius 1 is 1.30 bits per heavy atom. The molecular weight excluding hydrogens is 366 g/mol. The van der Waals surface area contributed by atoms with Crippen LogP contribution in [0.15, 0.2) is 53.6 Å². The van der Waals surface area contributed by atoms with E-state index in [1.54, 1.807) is 18.3 Å². The van der Waals surface area contributed by atoms with E-state index in [-0.39, 0.29) is 11.8 Å². The lowest BCUT2D eigenvalue weighted by Gasteiger charge is -2.10. The minimum atomic E-state index is -0.447. The Bertz CT molecular complexity index is 1040. The zero-order chi connectivity index (χ0) is 19.4. The van der Waals surface area contributed by atoms with Crippen molar-refractivity contribution in [3.63, 3.8) is 0 Å². The standard InChI is InChI=1S/C18H17N5O3S/c1-12(2)26-16-5-3-4-14(10-16)17-20-21-18(27)22(17)19-11-13-6-8-15(9-7-13)23(24)25/h3-12H,1-2H3,(H,21,27). The summed E-state index contributed by atoms with van der Waals surface area (Å²) in [5.74, 6) is 1.26. The Kier molecular flexibility index (Phi) is 5.41. The second kappa shape index (κ2) is 7.92. The van der Waals surface area contributed by atoms with Crippen LogP contribution in [0.3, 0.4) is 0 Å². The van der Waals surface area contributed by atoms with E-state index < -0.39 is 4.92 Å². The summed E-state index contributed by atoms with van der Waals surface area (Å²) in [5.41, 5.74) is 1.52. The van der Waals surface area contributed by atoms with Crippen molar-refractivity contribution in [3.8, 4) is 17.1 Å². The average Bonchev–Trinajstić information content (AvgIpc) is 3.00. The van der Waals surface area contributed by atoms with E-state index in [0.717, 1.165) is 11.3 Å². The highest BCUT2D eigenvalue weighted by atomic mass is 32.1. The second-order valence-electron chi connectivity index (χ2n) is 5.95. The molecule has 0 aliphatic rings. The summed E-state index contributed by atoms with van der Waals surface area (Å²) in [5, 5.41) is 22.1. The van der Waals surface area contributed by atoms with Crippen molar-refractivity contribution < 1.29 is 9.66 Å². The topological polar surface area (TPSA) is 98.3 Å². The van der Waals surface area contributed by atoms with Gasteiger partial charge in [-0.15, -0.1) is 0 Å². The number of nitro benzene ring substituents is 1. The highest BCUT2D eigenvalue weighted by Crippen LogP contribution is 2.23. The molecule has 1 N–H and O–H groups in total. The maximum Gasteiger partial charge on any atom is 0.269 e. The summed E-state index contributed by atoms with van der Waals surface area (Å²) in [7, 11) is 0. The van der Waals surface area contributed by atoms with Crippen molar-refractivity contribution in [2.45, 2.75) is 20.0 Å². The van der Waals surface area contributed by atoms with Gasteiger partial charge in [-0.3, -0.25) is 10.1 Å². The molecule has 0 unspecified atom stereocenters. The van der Waals surface area contributed by atoms with Gasteiger partial charge >= 0.3 is 0 Å². The Morgan fingerprint density at radius 3 is 2.70 bits per heavy atom. The molecule has 2 aromatic carbocycles. The van der Waals surface area contributed by atoms with Crippen molar-refractivity contribution in [1.29, 1.82) is 0 Å². The zero-order valence-corrected chi connectivity index (χ0v) is 15.5. The molecule has 0 saturated carbocycles. The highest BCUT2D eigenvalue weighted by Gasteiger charge is 2.10. The first-order valence-corrected chi connectivity index (χ1v) is 8.58. The molecule has 3 aromatic rings. The van der Waals surface area contributed by atoms with Crippen LogP contribution in [0.1, 0.15) is 19.4 Å². The van der Waals surface area contributed by atoms with Gasteiger partial charge < -0.3 is 4.74 Å². The van der Waals surface area contributed by atoms with Crippen LogP contribution in [0.5, 0.6) is 5.75 Å². The summed E-state index contributed by atoms with van der Waals surface area (Å²) in [4.78, 5) is 10.3. The summed E-state index contributed by atoms with van der Waals surface area (Å²) in [6, 6.07) is 13.6. The van der Waals surface area contributed by atoms with Crippen LogP contribution >= 0.6 is 12.2 Å². The number of ether oxygens (including phenoxy) is 1. The monoisotopic (exact) mass is 383 g/mol. The maximum absolute atomic E-state index is 10.7. The molecule has 0 aliphatic carbocycles. The molecule has 0 atom stereocenters. The van der Waals surface area contributed by atoms with Crippen molar-refractivity contribution in [1.82, 2.24) is 14.9 Å². The fourth-order valence-electron chi connectivity index (χ4n) is 2.37. The Hall–Kier alpha value is -3.33. The van der Waals surface area contributed by atoms with Crippen LogP contribution in [0.2, 0.25) is 0 Å². The van der Waals surface area contributed by atoms with Gasteiger partial charge in [0.1, 0.15) is 5.75 Å². The van der Waals surface area contributed by atoms with E-state index in [4.69, 9.17) is 17.0 Å². The van der Waals surface area contributed by atoms with Gasteiger partial charge in [-0.05, 0) is 55.9 Å². The average molecular weight is 383 g/mol. The number of non-ortho nitro benzene ring substituents is 1. The van der Waals surface area contributed by atoms with Crippen LogP contribution in [0, 0.1) is 14.9 Å². The van der Waals surface area contributed by atoms with Crippen LogP contribution in [-0.4, -0.2) is 32.1 Å². The number of H-pyrrole nitrogens is 1. The molecule has 9 heteroatoms. The third-order valence-corrected chi connectivity index (χ3v) is 3.80. The molecule has 0 aliphatic heterocycles. The van der Waals surface area contributed by atoms with E-state index in [1.165, 1.54) is 16.8 Å². The van der Waals surface area contributed by atoms with Gasteiger partial charge in [-0.2, -0.15) is 14.9 Å². The molecule has 0 spiro atoms. The zero-order valence-electron chi connectivity index (χ0n) is 14.7. The second-order valence-corrected chi connectivity index (χ2v) is 6.34. The molecule has 0 bridgehead atoms. The van der Waals surface area contributed by atoms with E-state index in [0.29, 0.717) is 16.2 Å². The summed E-state index contributed by atoms with van der Waals surface area (Å²) in [6.07, 6.45) is 1.62. The summed E-state index contributed by atoms with van der Waals surface area (Å²) >= 11 is 5.26. The molecule has 0 amide bonds. The van der Waals surface area contributed by atoms with Gasteiger partial charge in [-0.25, -0.2) is 5.10 Å². The van der Waals surface area contributed by atoms with E-state index in [1.807, 2.05) is 38.1 Å². The molecule has 1 aromatic heterocycles. The van der Waals surface area contributed by atoms with Gasteiger partial charge in [0.2, 0.25) is 4.77 Å². The Morgan fingerprint density at radius 2 is 2.04 bits per heavy atom. The quantitative estimate of drug-likeness (QED) is 0.298. The number of hydrogen-bond acceptors (Lipinski definition) is 6. The molecule has 8 nitrogen and oxygen atoms in total. The lowest BCUT2D eigenvalue weighted by Crippen LogP contribution is -2.05. The summed E-state index contributed by atoms with van der Waals surface area (Å²) < 4.78 is 7.54. The van der Waals surface area contributed by atoms with Gasteiger partial charge in [-0.1, -0.05) is 12.1 Å². The van der Waals surface area contributed by atoms with Gasteiger partial charge in [0.15, 0.2) is 5.82 Å². The van der Waals surface area contributed by atoms with Gasteiger partial charge in [0, 0.05) is 17.7 Å². The SMILES string of the molecule is CC(C)Oc1cccc(-c2n[nH]c(=S)n2N=Cc2ccc([N+](=O)[O-])cc2)c1. The molecule has 0 fully saturated rings. The Balaban J connectivity index is 1.91. The molecule has 27 heavy (non-hydrogen) atoms. The molecule has 138 valence electrons. The fourth-order valence-corrected chi connectivity index (χ4v) is 2.55. The third kappa shape index (κ3) is 4.45. The van der Waals surface area contributed by atoms with Crippen LogP contribution in [0.25, 0.3) is 11.4 Å². The lowest BCUT2D eigenvalue weighted by atomic mass is 10.2. The van der Waals surface area contributed by atoms with Gasteiger partial charge in [0.05, 0.1) is 17.2 Å². The molecule has 1 heterocycles. The normalized spacial score (nSPS) is 11.2. The smallest absolute Gasteiger partial charge is 0.269 e. The number of nitrogens with zero attached hydrogens (tertiary/aromatic N) is 4. The van der Waals surface area contributed by atoms with E-state index in [2.05, 4.69) is 15.3 Å². The fraction of sp³-hybridized carbons (Fsp3) is 0.167. The van der Waals surface area contributed by atoms with Crippen LogP contribution in [-0.2, 0) is 0 Å². The number of hydrogen-bond donors (Lipinski definition) is 1. The number of rotatable bonds is 6. The number of aromatic nitrogens is 3. The molecule has 0 radical (unpaired) electrons.